The fourth-order valence-electron chi connectivity index (χ4n) is 2.40. The molecule has 0 radical (unpaired) electrons. The molecule has 3 aromatic rings. The van der Waals surface area contributed by atoms with Crippen molar-refractivity contribution >= 4 is 28.3 Å². The van der Waals surface area contributed by atoms with E-state index in [-0.39, 0.29) is 28.0 Å². The first kappa shape index (κ1) is 17.2. The Balaban J connectivity index is 1.94. The Labute approximate surface area is 147 Å². The molecule has 0 aliphatic rings. The number of rotatable bonds is 4. The van der Waals surface area contributed by atoms with Gasteiger partial charge in [-0.1, -0.05) is 12.1 Å². The SMILES string of the molecule is Cc1nc2cc(F)cc(C(=O)NNc3ccccc3[N+](=O)[O-])c2nc1C. The molecule has 0 aliphatic carbocycles. The lowest BCUT2D eigenvalue weighted by molar-refractivity contribution is -0.384. The van der Waals surface area contributed by atoms with Crippen molar-refractivity contribution in [3.05, 3.63) is 69.3 Å². The summed E-state index contributed by atoms with van der Waals surface area (Å²) in [4.78, 5) is 31.5. The normalized spacial score (nSPS) is 10.6. The number of carbonyl (C=O) groups excluding carboxylic acids is 1. The fraction of sp³-hybridized carbons (Fsp3) is 0.118. The molecule has 3 rings (SSSR count). The van der Waals surface area contributed by atoms with Crippen molar-refractivity contribution < 1.29 is 14.1 Å². The van der Waals surface area contributed by atoms with Gasteiger partial charge in [-0.15, -0.1) is 0 Å². The number of nitrogens with zero attached hydrogens (tertiary/aromatic N) is 3. The molecule has 26 heavy (non-hydrogen) atoms. The van der Waals surface area contributed by atoms with Gasteiger partial charge in [0.05, 0.1) is 27.4 Å². The minimum absolute atomic E-state index is 0.0262. The highest BCUT2D eigenvalue weighted by molar-refractivity contribution is 6.05. The van der Waals surface area contributed by atoms with Crippen LogP contribution in [0.1, 0.15) is 21.7 Å². The van der Waals surface area contributed by atoms with Crippen molar-refractivity contribution in [1.82, 2.24) is 15.4 Å². The Morgan fingerprint density at radius 1 is 1.15 bits per heavy atom. The quantitative estimate of drug-likeness (QED) is 0.550. The Kier molecular flexibility index (Phi) is 4.44. The zero-order valence-electron chi connectivity index (χ0n) is 13.9. The van der Waals surface area contributed by atoms with Gasteiger partial charge in [0.1, 0.15) is 17.0 Å². The van der Waals surface area contributed by atoms with E-state index < -0.39 is 16.6 Å². The van der Waals surface area contributed by atoms with Crippen LogP contribution in [0.5, 0.6) is 0 Å². The monoisotopic (exact) mass is 355 g/mol. The molecule has 0 saturated heterocycles. The highest BCUT2D eigenvalue weighted by Crippen LogP contribution is 2.23. The number of halogens is 1. The van der Waals surface area contributed by atoms with Crippen molar-refractivity contribution in [3.63, 3.8) is 0 Å². The number of fused-ring (bicyclic) bond motifs is 1. The zero-order chi connectivity index (χ0) is 18.8. The molecule has 0 spiro atoms. The summed E-state index contributed by atoms with van der Waals surface area (Å²) in [6, 6.07) is 8.06. The van der Waals surface area contributed by atoms with Gasteiger partial charge in [0, 0.05) is 12.1 Å². The first-order valence-corrected chi connectivity index (χ1v) is 7.61. The van der Waals surface area contributed by atoms with E-state index in [0.29, 0.717) is 11.4 Å². The Morgan fingerprint density at radius 2 is 1.85 bits per heavy atom. The van der Waals surface area contributed by atoms with Crippen molar-refractivity contribution in [3.8, 4) is 0 Å². The molecule has 1 amide bonds. The van der Waals surface area contributed by atoms with E-state index in [4.69, 9.17) is 0 Å². The maximum atomic E-state index is 13.9. The van der Waals surface area contributed by atoms with Crippen LogP contribution in [0.25, 0.3) is 11.0 Å². The average Bonchev–Trinajstić information content (AvgIpc) is 2.60. The number of nitro groups is 1. The van der Waals surface area contributed by atoms with E-state index >= 15 is 0 Å². The van der Waals surface area contributed by atoms with Gasteiger partial charge in [-0.05, 0) is 26.0 Å². The van der Waals surface area contributed by atoms with Crippen molar-refractivity contribution in [2.24, 2.45) is 0 Å². The Morgan fingerprint density at radius 3 is 2.58 bits per heavy atom. The van der Waals surface area contributed by atoms with E-state index in [2.05, 4.69) is 20.8 Å². The molecule has 1 heterocycles. The van der Waals surface area contributed by atoms with Crippen molar-refractivity contribution in [2.45, 2.75) is 13.8 Å². The molecule has 2 aromatic carbocycles. The summed E-state index contributed by atoms with van der Waals surface area (Å²) in [6.07, 6.45) is 0. The van der Waals surface area contributed by atoms with E-state index in [1.54, 1.807) is 19.9 Å². The lowest BCUT2D eigenvalue weighted by atomic mass is 10.1. The van der Waals surface area contributed by atoms with E-state index in [1.807, 2.05) is 0 Å². The van der Waals surface area contributed by atoms with E-state index in [1.165, 1.54) is 24.3 Å². The molecule has 2 N–H and O–H groups in total. The van der Waals surface area contributed by atoms with Crippen LogP contribution < -0.4 is 10.9 Å². The zero-order valence-corrected chi connectivity index (χ0v) is 13.9. The third-order valence-corrected chi connectivity index (χ3v) is 3.80. The first-order valence-electron chi connectivity index (χ1n) is 7.61. The predicted molar refractivity (Wildman–Crippen MR) is 93.2 cm³/mol. The van der Waals surface area contributed by atoms with Gasteiger partial charge in [-0.2, -0.15) is 0 Å². The molecule has 8 nitrogen and oxygen atoms in total. The summed E-state index contributed by atoms with van der Waals surface area (Å²) >= 11 is 0. The van der Waals surface area contributed by atoms with Gasteiger partial charge in [0.15, 0.2) is 0 Å². The summed E-state index contributed by atoms with van der Waals surface area (Å²) in [7, 11) is 0. The second kappa shape index (κ2) is 6.71. The van der Waals surface area contributed by atoms with Crippen molar-refractivity contribution in [1.29, 1.82) is 0 Å². The van der Waals surface area contributed by atoms with Gasteiger partial charge in [-0.25, -0.2) is 14.4 Å². The van der Waals surface area contributed by atoms with Crippen LogP contribution in [0.4, 0.5) is 15.8 Å². The third-order valence-electron chi connectivity index (χ3n) is 3.80. The van der Waals surface area contributed by atoms with Gasteiger partial charge in [0.25, 0.3) is 11.6 Å². The maximum Gasteiger partial charge on any atom is 0.294 e. The summed E-state index contributed by atoms with van der Waals surface area (Å²) < 4.78 is 13.9. The molecule has 0 atom stereocenters. The van der Waals surface area contributed by atoms with Crippen LogP contribution in [0.15, 0.2) is 36.4 Å². The molecular weight excluding hydrogens is 341 g/mol. The number of anilines is 1. The van der Waals surface area contributed by atoms with Crippen LogP contribution in [0.3, 0.4) is 0 Å². The number of nitrogens with one attached hydrogen (secondary N) is 2. The number of para-hydroxylation sites is 2. The Hall–Kier alpha value is -3.62. The molecule has 132 valence electrons. The smallest absolute Gasteiger partial charge is 0.292 e. The molecule has 1 aromatic heterocycles. The van der Waals surface area contributed by atoms with E-state index in [0.717, 1.165) is 6.07 Å². The summed E-state index contributed by atoms with van der Waals surface area (Å²) in [5.41, 5.74) is 6.45. The molecule has 0 bridgehead atoms. The molecule has 9 heteroatoms. The largest absolute Gasteiger partial charge is 0.294 e. The van der Waals surface area contributed by atoms with Crippen LogP contribution in [0, 0.1) is 29.8 Å². The second-order valence-electron chi connectivity index (χ2n) is 5.57. The second-order valence-corrected chi connectivity index (χ2v) is 5.57. The molecule has 0 aliphatic heterocycles. The minimum atomic E-state index is -0.690. The number of nitro benzene ring substituents is 1. The lowest BCUT2D eigenvalue weighted by Crippen LogP contribution is -2.30. The molecule has 0 saturated carbocycles. The standard InChI is InChI=1S/C17H14FN5O3/c1-9-10(2)20-16-12(7-11(18)8-14(16)19-9)17(24)22-21-13-5-3-4-6-15(13)23(25)26/h3-8,21H,1-2H3,(H,22,24). The lowest BCUT2D eigenvalue weighted by Gasteiger charge is -2.11. The predicted octanol–water partition coefficient (Wildman–Crippen LogP) is 3.05. The van der Waals surface area contributed by atoms with Gasteiger partial charge >= 0.3 is 0 Å². The summed E-state index contributed by atoms with van der Waals surface area (Å²) in [5, 5.41) is 11.0. The van der Waals surface area contributed by atoms with Crippen LogP contribution in [-0.4, -0.2) is 20.8 Å². The van der Waals surface area contributed by atoms with Crippen molar-refractivity contribution in [2.75, 3.05) is 5.43 Å². The van der Waals surface area contributed by atoms with Gasteiger partial charge < -0.3 is 0 Å². The van der Waals surface area contributed by atoms with Gasteiger partial charge in [0.2, 0.25) is 0 Å². The van der Waals surface area contributed by atoms with Crippen LogP contribution in [-0.2, 0) is 0 Å². The third kappa shape index (κ3) is 3.27. The number of hydrazine groups is 1. The van der Waals surface area contributed by atoms with Crippen LogP contribution >= 0.6 is 0 Å². The highest BCUT2D eigenvalue weighted by atomic mass is 19.1. The highest BCUT2D eigenvalue weighted by Gasteiger charge is 2.17. The van der Waals surface area contributed by atoms with Crippen LogP contribution in [0.2, 0.25) is 0 Å². The summed E-state index contributed by atoms with van der Waals surface area (Å²) in [6.45, 7) is 3.47. The number of hydrogen-bond donors (Lipinski definition) is 2. The number of aryl methyl sites for hydroxylation is 2. The Bertz CT molecular complexity index is 1040. The first-order chi connectivity index (χ1) is 12.4. The number of aromatic nitrogens is 2. The number of carbonyl (C=O) groups is 1. The fourth-order valence-corrected chi connectivity index (χ4v) is 2.40. The topological polar surface area (TPSA) is 110 Å². The summed E-state index contributed by atoms with van der Waals surface area (Å²) in [5.74, 6) is -1.32. The molecule has 0 fully saturated rings. The minimum Gasteiger partial charge on any atom is -0.292 e. The molecule has 0 unspecified atom stereocenters. The molecular formula is C17H14FN5O3. The van der Waals surface area contributed by atoms with Gasteiger partial charge in [-0.3, -0.25) is 25.8 Å². The number of hydrogen-bond acceptors (Lipinski definition) is 6. The maximum absolute atomic E-state index is 13.9. The number of benzene rings is 2. The number of amides is 1. The van der Waals surface area contributed by atoms with E-state index in [9.17, 15) is 19.3 Å². The average molecular weight is 355 g/mol.